The zero-order chi connectivity index (χ0) is 19.6. The molecule has 1 aliphatic rings. The average molecular weight is 370 g/mol. The molecule has 3 rings (SSSR count). The van der Waals surface area contributed by atoms with E-state index >= 15 is 0 Å². The van der Waals surface area contributed by atoms with Gasteiger partial charge in [0, 0.05) is 17.8 Å². The molecule has 0 saturated heterocycles. The minimum atomic E-state index is -1.96. The van der Waals surface area contributed by atoms with Crippen LogP contribution in [0.15, 0.2) is 58.0 Å². The number of nitrogens with zero attached hydrogens (tertiary/aromatic N) is 1. The number of aromatic nitrogens is 2. The summed E-state index contributed by atoms with van der Waals surface area (Å²) in [6.45, 7) is 0.910. The number of carbonyl (C=O) groups excluding carboxylic acids is 1. The predicted octanol–water partition coefficient (Wildman–Crippen LogP) is 1.46. The van der Waals surface area contributed by atoms with Crippen LogP contribution in [0.1, 0.15) is 22.1 Å². The molecule has 1 aliphatic heterocycles. The molecule has 2 heterocycles. The van der Waals surface area contributed by atoms with Crippen LogP contribution in [-0.4, -0.2) is 27.7 Å². The van der Waals surface area contributed by atoms with E-state index in [0.717, 1.165) is 10.6 Å². The molecule has 1 N–H and O–H groups in total. The zero-order valence-corrected chi connectivity index (χ0v) is 14.3. The van der Waals surface area contributed by atoms with Crippen LogP contribution in [-0.2, 0) is 9.47 Å². The molecule has 2 atom stereocenters. The molecule has 0 unspecified atom stereocenters. The second kappa shape index (κ2) is 7.05. The van der Waals surface area contributed by atoms with Gasteiger partial charge in [-0.1, -0.05) is 24.1 Å². The van der Waals surface area contributed by atoms with Gasteiger partial charge in [0.1, 0.15) is 12.4 Å². The van der Waals surface area contributed by atoms with Crippen LogP contribution in [0.25, 0.3) is 0 Å². The number of nitrogens with one attached hydrogen (secondary N) is 1. The third-order valence-corrected chi connectivity index (χ3v) is 4.07. The number of carbonyl (C=O) groups is 1. The highest BCUT2D eigenvalue weighted by molar-refractivity contribution is 5.89. The summed E-state index contributed by atoms with van der Waals surface area (Å²) in [6.07, 6.45) is 6.46. The molecule has 1 aromatic carbocycles. The highest BCUT2D eigenvalue weighted by atomic mass is 19.1. The van der Waals surface area contributed by atoms with Gasteiger partial charge in [-0.3, -0.25) is 14.3 Å². The Morgan fingerprint density at radius 3 is 2.78 bits per heavy atom. The molecule has 0 saturated carbocycles. The molecule has 0 fully saturated rings. The van der Waals surface area contributed by atoms with Crippen molar-refractivity contribution in [1.29, 1.82) is 0 Å². The van der Waals surface area contributed by atoms with E-state index in [1.54, 1.807) is 18.2 Å². The van der Waals surface area contributed by atoms with Crippen LogP contribution >= 0.6 is 0 Å². The fraction of sp³-hybridized carbons (Fsp3) is 0.211. The van der Waals surface area contributed by atoms with E-state index in [4.69, 9.17) is 15.9 Å². The molecule has 0 bridgehead atoms. The fourth-order valence-corrected chi connectivity index (χ4v) is 2.54. The first-order chi connectivity index (χ1) is 12.9. The Labute approximate surface area is 153 Å². The summed E-state index contributed by atoms with van der Waals surface area (Å²) in [5.74, 6) is 0.588. The number of ether oxygens (including phenoxy) is 2. The number of esters is 1. The van der Waals surface area contributed by atoms with Crippen LogP contribution < -0.4 is 11.2 Å². The van der Waals surface area contributed by atoms with Gasteiger partial charge in [0.15, 0.2) is 6.23 Å². The summed E-state index contributed by atoms with van der Waals surface area (Å²) < 4.78 is 26.2. The largest absolute Gasteiger partial charge is 0.457 e. The maximum Gasteiger partial charge on any atom is 0.338 e. The lowest BCUT2D eigenvalue weighted by Crippen LogP contribution is -2.39. The fourth-order valence-electron chi connectivity index (χ4n) is 2.54. The van der Waals surface area contributed by atoms with Crippen molar-refractivity contribution in [3.05, 3.63) is 80.4 Å². The van der Waals surface area contributed by atoms with Gasteiger partial charge in [-0.05, 0) is 19.1 Å². The number of benzene rings is 1. The maximum absolute atomic E-state index is 14.6. The smallest absolute Gasteiger partial charge is 0.338 e. The van der Waals surface area contributed by atoms with Crippen LogP contribution in [0, 0.1) is 19.3 Å². The van der Waals surface area contributed by atoms with Crippen LogP contribution in [0.2, 0.25) is 0 Å². The van der Waals surface area contributed by atoms with Gasteiger partial charge in [-0.2, -0.15) is 0 Å². The van der Waals surface area contributed by atoms with Crippen molar-refractivity contribution >= 4 is 5.97 Å². The summed E-state index contributed by atoms with van der Waals surface area (Å²) in [6, 6.07) is 8.12. The van der Waals surface area contributed by atoms with Crippen molar-refractivity contribution < 1.29 is 18.7 Å². The Kier molecular flexibility index (Phi) is 4.79. The summed E-state index contributed by atoms with van der Waals surface area (Å²) in [5.41, 5.74) is -2.79. The Hall–Kier alpha value is -3.44. The highest BCUT2D eigenvalue weighted by Crippen LogP contribution is 2.36. The summed E-state index contributed by atoms with van der Waals surface area (Å²) in [4.78, 5) is 37.6. The maximum atomic E-state index is 14.6. The number of hydrogen-bond donors (Lipinski definition) is 1. The molecule has 0 spiro atoms. The van der Waals surface area contributed by atoms with Crippen LogP contribution in [0.5, 0.6) is 0 Å². The number of H-pyrrole nitrogens is 1. The van der Waals surface area contributed by atoms with E-state index in [-0.39, 0.29) is 11.1 Å². The van der Waals surface area contributed by atoms with Crippen molar-refractivity contribution in [1.82, 2.24) is 9.55 Å². The van der Waals surface area contributed by atoms with Crippen molar-refractivity contribution in [2.24, 2.45) is 0 Å². The first kappa shape index (κ1) is 18.4. The molecule has 1 aromatic heterocycles. The van der Waals surface area contributed by atoms with E-state index in [1.165, 1.54) is 25.3 Å². The van der Waals surface area contributed by atoms with E-state index in [1.807, 2.05) is 0 Å². The highest BCUT2D eigenvalue weighted by Gasteiger charge is 2.45. The van der Waals surface area contributed by atoms with Crippen molar-refractivity contribution in [2.45, 2.75) is 18.8 Å². The second-order valence-corrected chi connectivity index (χ2v) is 5.92. The lowest BCUT2D eigenvalue weighted by atomic mass is 10.1. The molecule has 2 aromatic rings. The normalized spacial score (nSPS) is 21.4. The number of aromatic amines is 1. The average Bonchev–Trinajstić information content (AvgIpc) is 3.00. The minimum absolute atomic E-state index is 0.237. The monoisotopic (exact) mass is 370 g/mol. The van der Waals surface area contributed by atoms with Gasteiger partial charge in [0.2, 0.25) is 5.60 Å². The third-order valence-electron chi connectivity index (χ3n) is 4.07. The molecular formula is C19H15FN2O5. The van der Waals surface area contributed by atoms with E-state index < -0.39 is 41.5 Å². The third kappa shape index (κ3) is 3.45. The number of halogens is 1. The van der Waals surface area contributed by atoms with E-state index in [0.29, 0.717) is 0 Å². The van der Waals surface area contributed by atoms with Gasteiger partial charge in [0.05, 0.1) is 5.56 Å². The van der Waals surface area contributed by atoms with Crippen molar-refractivity contribution in [3.63, 3.8) is 0 Å². The van der Waals surface area contributed by atoms with Crippen molar-refractivity contribution in [2.75, 3.05) is 6.61 Å². The zero-order valence-electron chi connectivity index (χ0n) is 14.3. The predicted molar refractivity (Wildman–Crippen MR) is 93.7 cm³/mol. The van der Waals surface area contributed by atoms with Gasteiger partial charge in [0.25, 0.3) is 5.56 Å². The Morgan fingerprint density at radius 2 is 2.11 bits per heavy atom. The number of terminal acetylenes is 1. The number of rotatable bonds is 4. The quantitative estimate of drug-likeness (QED) is 0.650. The molecule has 0 radical (unpaired) electrons. The topological polar surface area (TPSA) is 90.4 Å². The lowest BCUT2D eigenvalue weighted by molar-refractivity contribution is -0.0677. The van der Waals surface area contributed by atoms with Crippen LogP contribution in [0.3, 0.4) is 0 Å². The molecule has 8 heteroatoms. The minimum Gasteiger partial charge on any atom is -0.457 e. The summed E-state index contributed by atoms with van der Waals surface area (Å²) in [7, 11) is 0. The lowest BCUT2D eigenvalue weighted by Gasteiger charge is -2.24. The van der Waals surface area contributed by atoms with Gasteiger partial charge in [-0.25, -0.2) is 14.0 Å². The van der Waals surface area contributed by atoms with Crippen molar-refractivity contribution in [3.8, 4) is 12.3 Å². The van der Waals surface area contributed by atoms with Crippen LogP contribution in [0.4, 0.5) is 4.39 Å². The second-order valence-electron chi connectivity index (χ2n) is 5.92. The molecule has 7 nitrogen and oxygen atoms in total. The Balaban J connectivity index is 1.82. The van der Waals surface area contributed by atoms with E-state index in [9.17, 15) is 18.8 Å². The molecule has 27 heavy (non-hydrogen) atoms. The molecule has 0 amide bonds. The molecule has 138 valence electrons. The Morgan fingerprint density at radius 1 is 1.41 bits per heavy atom. The standard InChI is InChI=1S/C19H15FN2O5/c1-3-19(11-26-17(24)13-7-5-4-6-8-13)14(20)9-15(27-19)22-10-12(2)16(23)21-18(22)25/h1,4-10,15H,11H2,2H3,(H,21,23,25)/t15-,19-/m0/s1. The van der Waals surface area contributed by atoms with Gasteiger partial charge < -0.3 is 9.47 Å². The van der Waals surface area contributed by atoms with Gasteiger partial charge >= 0.3 is 11.7 Å². The van der Waals surface area contributed by atoms with E-state index in [2.05, 4.69) is 10.9 Å². The molecular weight excluding hydrogens is 355 g/mol. The SMILES string of the molecule is C#C[C@@]1(COC(=O)c2ccccc2)O[C@H](n2cc(C)c(=O)[nH]c2=O)C=C1F. The number of hydrogen-bond acceptors (Lipinski definition) is 5. The molecule has 0 aliphatic carbocycles. The summed E-state index contributed by atoms with van der Waals surface area (Å²) >= 11 is 0. The number of aryl methyl sites for hydroxylation is 1. The Bertz CT molecular complexity index is 1060. The first-order valence-electron chi connectivity index (χ1n) is 7.94. The summed E-state index contributed by atoms with van der Waals surface area (Å²) in [5, 5.41) is 0. The van der Waals surface area contributed by atoms with Gasteiger partial charge in [-0.15, -0.1) is 6.42 Å². The first-order valence-corrected chi connectivity index (χ1v) is 7.94.